The highest BCUT2D eigenvalue weighted by Gasteiger charge is 2.30. The molecule has 0 heterocycles. The van der Waals surface area contributed by atoms with Gasteiger partial charge in [0, 0.05) is 17.6 Å². The summed E-state index contributed by atoms with van der Waals surface area (Å²) in [4.78, 5) is 25.4. The van der Waals surface area contributed by atoms with E-state index in [2.05, 4.69) is 5.32 Å². The molecule has 27 heavy (non-hydrogen) atoms. The highest BCUT2D eigenvalue weighted by Crippen LogP contribution is 2.31. The first-order valence-corrected chi connectivity index (χ1v) is 8.73. The summed E-state index contributed by atoms with van der Waals surface area (Å²) in [5.74, 6) is -1.56. The van der Waals surface area contributed by atoms with Gasteiger partial charge in [0.25, 0.3) is 0 Å². The summed E-state index contributed by atoms with van der Waals surface area (Å²) in [6.45, 7) is -0.265. The molecule has 0 radical (unpaired) electrons. The van der Waals surface area contributed by atoms with Crippen LogP contribution in [-0.4, -0.2) is 36.1 Å². The van der Waals surface area contributed by atoms with E-state index in [1.54, 1.807) is 0 Å². The summed E-state index contributed by atoms with van der Waals surface area (Å²) < 4.78 is 51.2. The Morgan fingerprint density at radius 3 is 2.48 bits per heavy atom. The van der Waals surface area contributed by atoms with Crippen molar-refractivity contribution in [1.29, 1.82) is 0 Å². The highest BCUT2D eigenvalue weighted by molar-refractivity contribution is 8.00. The molecule has 0 unspecified atom stereocenters. The number of hydrogen-bond donors (Lipinski definition) is 1. The third kappa shape index (κ3) is 6.59. The molecule has 0 atom stereocenters. The van der Waals surface area contributed by atoms with Gasteiger partial charge in [-0.05, 0) is 36.4 Å². The van der Waals surface area contributed by atoms with Crippen molar-refractivity contribution in [3.8, 4) is 0 Å². The van der Waals surface area contributed by atoms with E-state index >= 15 is 0 Å². The molecule has 2 rings (SSSR count). The Bertz CT molecular complexity index is 827. The molecule has 0 aliphatic carbocycles. The van der Waals surface area contributed by atoms with Crippen LogP contribution in [0.4, 0.5) is 23.2 Å². The molecule has 1 N–H and O–H groups in total. The van der Waals surface area contributed by atoms with E-state index in [4.69, 9.17) is 0 Å². The Morgan fingerprint density at radius 2 is 1.81 bits per heavy atom. The van der Waals surface area contributed by atoms with Crippen molar-refractivity contribution in [2.45, 2.75) is 11.1 Å². The fourth-order valence-electron chi connectivity index (χ4n) is 2.09. The normalized spacial score (nSPS) is 11.1. The van der Waals surface area contributed by atoms with Crippen LogP contribution in [0.25, 0.3) is 0 Å². The first-order valence-electron chi connectivity index (χ1n) is 7.74. The van der Waals surface area contributed by atoms with Gasteiger partial charge in [-0.3, -0.25) is 9.59 Å². The second-order valence-corrected chi connectivity index (χ2v) is 6.67. The van der Waals surface area contributed by atoms with Crippen LogP contribution in [0.5, 0.6) is 0 Å². The average molecular weight is 400 g/mol. The van der Waals surface area contributed by atoms with Gasteiger partial charge in [-0.15, -0.1) is 11.8 Å². The number of benzene rings is 2. The smallest absolute Gasteiger partial charge is 0.336 e. The Hall–Kier alpha value is -2.55. The van der Waals surface area contributed by atoms with E-state index in [1.165, 1.54) is 37.4 Å². The Labute approximate surface area is 157 Å². The maximum atomic E-state index is 13.1. The van der Waals surface area contributed by atoms with Crippen LogP contribution in [0.15, 0.2) is 53.4 Å². The van der Waals surface area contributed by atoms with Crippen LogP contribution >= 0.6 is 11.8 Å². The lowest BCUT2D eigenvalue weighted by molar-refractivity contribution is -0.137. The van der Waals surface area contributed by atoms with Gasteiger partial charge in [-0.25, -0.2) is 4.39 Å². The lowest BCUT2D eigenvalue weighted by Gasteiger charge is -2.17. The summed E-state index contributed by atoms with van der Waals surface area (Å²) in [5, 5.41) is 2.46. The van der Waals surface area contributed by atoms with Gasteiger partial charge in [0.2, 0.25) is 11.8 Å². The summed E-state index contributed by atoms with van der Waals surface area (Å²) in [6, 6.07) is 9.98. The number of likely N-dealkylation sites (N-methyl/N-ethyl adjacent to an activating group) is 1. The number of thioether (sulfide) groups is 1. The highest BCUT2D eigenvalue weighted by atomic mass is 32.2. The number of halogens is 4. The summed E-state index contributed by atoms with van der Waals surface area (Å²) in [7, 11) is 1.40. The summed E-state index contributed by atoms with van der Waals surface area (Å²) in [5.41, 5.74) is -0.526. The molecule has 144 valence electrons. The molecule has 0 aliphatic rings. The van der Waals surface area contributed by atoms with Crippen LogP contribution in [-0.2, 0) is 15.8 Å². The zero-order chi connectivity index (χ0) is 20.0. The average Bonchev–Trinajstić information content (AvgIpc) is 2.59. The van der Waals surface area contributed by atoms with Crippen molar-refractivity contribution in [2.24, 2.45) is 0 Å². The largest absolute Gasteiger partial charge is 0.416 e. The minimum atomic E-state index is -4.45. The van der Waals surface area contributed by atoms with E-state index in [0.29, 0.717) is 4.90 Å². The van der Waals surface area contributed by atoms with Crippen LogP contribution in [0.2, 0.25) is 0 Å². The van der Waals surface area contributed by atoms with E-state index < -0.39 is 29.4 Å². The van der Waals surface area contributed by atoms with Gasteiger partial charge in [0.15, 0.2) is 0 Å². The standard InChI is InChI=1S/C18H16F4N2O2S/c1-24(10-16(25)23-14-6-3-5-13(19)9-14)17(26)11-27-15-7-2-4-12(8-15)18(20,21)22/h2-9H,10-11H2,1H3,(H,23,25). The number of nitrogens with zero attached hydrogens (tertiary/aromatic N) is 1. The molecule has 2 amide bonds. The lowest BCUT2D eigenvalue weighted by atomic mass is 10.2. The molecule has 2 aromatic carbocycles. The number of carbonyl (C=O) groups is 2. The topological polar surface area (TPSA) is 49.4 Å². The number of amides is 2. The van der Waals surface area contributed by atoms with Crippen LogP contribution in [0, 0.1) is 5.82 Å². The molecule has 0 saturated heterocycles. The van der Waals surface area contributed by atoms with Gasteiger partial charge in [-0.1, -0.05) is 12.1 Å². The molecule has 9 heteroatoms. The van der Waals surface area contributed by atoms with Crippen molar-refractivity contribution < 1.29 is 27.2 Å². The van der Waals surface area contributed by atoms with Gasteiger partial charge in [0.1, 0.15) is 5.82 Å². The maximum absolute atomic E-state index is 13.1. The summed E-state index contributed by atoms with van der Waals surface area (Å²) in [6.07, 6.45) is -4.45. The first kappa shape index (κ1) is 20.8. The number of hydrogen-bond acceptors (Lipinski definition) is 3. The molecule has 0 bridgehead atoms. The minimum absolute atomic E-state index is 0.120. The van der Waals surface area contributed by atoms with Crippen LogP contribution in [0.3, 0.4) is 0 Å². The second-order valence-electron chi connectivity index (χ2n) is 5.62. The van der Waals surface area contributed by atoms with E-state index in [-0.39, 0.29) is 18.0 Å². The van der Waals surface area contributed by atoms with Gasteiger partial charge >= 0.3 is 6.18 Å². The molecular formula is C18H16F4N2O2S. The lowest BCUT2D eigenvalue weighted by Crippen LogP contribution is -2.35. The quantitative estimate of drug-likeness (QED) is 0.588. The molecule has 2 aromatic rings. The fraction of sp³-hybridized carbons (Fsp3) is 0.222. The van der Waals surface area contributed by atoms with Crippen LogP contribution in [0.1, 0.15) is 5.56 Å². The molecule has 0 aliphatic heterocycles. The number of carbonyl (C=O) groups excluding carboxylic acids is 2. The van der Waals surface area contributed by atoms with E-state index in [9.17, 15) is 27.2 Å². The van der Waals surface area contributed by atoms with Gasteiger partial charge < -0.3 is 10.2 Å². The zero-order valence-electron chi connectivity index (χ0n) is 14.2. The van der Waals surface area contributed by atoms with Crippen molar-refractivity contribution in [3.63, 3.8) is 0 Å². The predicted molar refractivity (Wildman–Crippen MR) is 94.8 cm³/mol. The predicted octanol–water partition coefficient (Wildman–Crippen LogP) is 4.03. The third-order valence-electron chi connectivity index (χ3n) is 3.44. The molecule has 0 spiro atoms. The monoisotopic (exact) mass is 400 g/mol. The van der Waals surface area contributed by atoms with E-state index in [0.717, 1.165) is 34.9 Å². The number of nitrogens with one attached hydrogen (secondary N) is 1. The van der Waals surface area contributed by atoms with E-state index in [1.807, 2.05) is 0 Å². The van der Waals surface area contributed by atoms with Crippen molar-refractivity contribution >= 4 is 29.3 Å². The Kier molecular flexibility index (Phi) is 6.84. The van der Waals surface area contributed by atoms with Gasteiger partial charge in [0.05, 0.1) is 17.9 Å². The first-order chi connectivity index (χ1) is 12.6. The minimum Gasteiger partial charge on any atom is -0.336 e. The summed E-state index contributed by atoms with van der Waals surface area (Å²) >= 11 is 0.948. The number of rotatable bonds is 6. The molecule has 0 saturated carbocycles. The number of alkyl halides is 3. The third-order valence-corrected chi connectivity index (χ3v) is 4.42. The van der Waals surface area contributed by atoms with Crippen molar-refractivity contribution in [3.05, 3.63) is 59.9 Å². The van der Waals surface area contributed by atoms with Crippen molar-refractivity contribution in [1.82, 2.24) is 4.90 Å². The molecular weight excluding hydrogens is 384 g/mol. The second kappa shape index (κ2) is 8.90. The van der Waals surface area contributed by atoms with Gasteiger partial charge in [-0.2, -0.15) is 13.2 Å². The molecule has 4 nitrogen and oxygen atoms in total. The van der Waals surface area contributed by atoms with Crippen LogP contribution < -0.4 is 5.32 Å². The number of anilines is 1. The molecule has 0 fully saturated rings. The zero-order valence-corrected chi connectivity index (χ0v) is 15.0. The maximum Gasteiger partial charge on any atom is 0.416 e. The SMILES string of the molecule is CN(CC(=O)Nc1cccc(F)c1)C(=O)CSc1cccc(C(F)(F)F)c1. The van der Waals surface area contributed by atoms with Crippen molar-refractivity contribution in [2.75, 3.05) is 24.7 Å². The molecule has 0 aromatic heterocycles. The fourth-order valence-corrected chi connectivity index (χ4v) is 2.98. The Morgan fingerprint density at radius 1 is 1.11 bits per heavy atom. The Balaban J connectivity index is 1.86.